The average Bonchev–Trinajstić information content (AvgIpc) is 2.53. The highest BCUT2D eigenvalue weighted by Gasteiger charge is 2.41. The summed E-state index contributed by atoms with van der Waals surface area (Å²) >= 11 is 0. The Hall–Kier alpha value is -1.31. The number of alkyl halides is 4. The first-order chi connectivity index (χ1) is 8.29. The van der Waals surface area contributed by atoms with Crippen LogP contribution in [0.15, 0.2) is 0 Å². The summed E-state index contributed by atoms with van der Waals surface area (Å²) in [5.41, 5.74) is 1.17. The third-order valence-corrected chi connectivity index (χ3v) is 2.44. The lowest BCUT2D eigenvalue weighted by atomic mass is 10.2. The van der Waals surface area contributed by atoms with Crippen molar-refractivity contribution in [1.82, 2.24) is 9.78 Å². The second kappa shape index (κ2) is 5.55. The maximum Gasteiger partial charge on any atom is 0.330 e. The maximum atomic E-state index is 12.6. The zero-order chi connectivity index (χ0) is 13.9. The molecule has 1 aromatic heterocycles. The van der Waals surface area contributed by atoms with Crippen LogP contribution < -0.4 is 5.32 Å². The van der Waals surface area contributed by atoms with Crippen molar-refractivity contribution in [3.63, 3.8) is 0 Å². The Balaban J connectivity index is 2.65. The van der Waals surface area contributed by atoms with Crippen molar-refractivity contribution in [2.24, 2.45) is 7.05 Å². The molecule has 1 aromatic rings. The Labute approximate surface area is 102 Å². The SMILES string of the molecule is CNc1c(COCC(F)(F)C(F)F)c(C)nn1C. The van der Waals surface area contributed by atoms with Crippen LogP contribution in [0, 0.1) is 6.92 Å². The molecule has 4 nitrogen and oxygen atoms in total. The first kappa shape index (κ1) is 14.7. The number of nitrogens with one attached hydrogen (secondary N) is 1. The predicted molar refractivity (Wildman–Crippen MR) is 58.1 cm³/mol. The van der Waals surface area contributed by atoms with E-state index in [1.165, 1.54) is 4.68 Å². The van der Waals surface area contributed by atoms with Crippen molar-refractivity contribution in [3.8, 4) is 0 Å². The fourth-order valence-electron chi connectivity index (χ4n) is 1.54. The van der Waals surface area contributed by atoms with E-state index in [0.717, 1.165) is 0 Å². The molecule has 1 N–H and O–H groups in total. The maximum absolute atomic E-state index is 12.6. The van der Waals surface area contributed by atoms with Crippen LogP contribution in [0.4, 0.5) is 23.4 Å². The Morgan fingerprint density at radius 2 is 2.06 bits per heavy atom. The van der Waals surface area contributed by atoms with Gasteiger partial charge in [-0.05, 0) is 6.92 Å². The Kier molecular flexibility index (Phi) is 4.55. The molecule has 0 aliphatic heterocycles. The highest BCUT2D eigenvalue weighted by molar-refractivity contribution is 5.46. The Morgan fingerprint density at radius 1 is 1.44 bits per heavy atom. The smallest absolute Gasteiger partial charge is 0.330 e. The van der Waals surface area contributed by atoms with Gasteiger partial charge in [-0.1, -0.05) is 0 Å². The molecule has 0 fully saturated rings. The van der Waals surface area contributed by atoms with Crippen molar-refractivity contribution in [2.75, 3.05) is 19.0 Å². The topological polar surface area (TPSA) is 39.1 Å². The van der Waals surface area contributed by atoms with Crippen LogP contribution in [0.25, 0.3) is 0 Å². The Bertz CT molecular complexity index is 406. The fraction of sp³-hybridized carbons (Fsp3) is 0.700. The lowest BCUT2D eigenvalue weighted by Gasteiger charge is -2.15. The van der Waals surface area contributed by atoms with Gasteiger partial charge in [0.25, 0.3) is 0 Å². The second-order valence-corrected chi connectivity index (χ2v) is 3.84. The molecule has 0 atom stereocenters. The van der Waals surface area contributed by atoms with E-state index in [9.17, 15) is 17.6 Å². The van der Waals surface area contributed by atoms with E-state index in [4.69, 9.17) is 0 Å². The number of ether oxygens (including phenoxy) is 1. The molecule has 0 aromatic carbocycles. The lowest BCUT2D eigenvalue weighted by Crippen LogP contribution is -2.32. The summed E-state index contributed by atoms with van der Waals surface area (Å²) in [7, 11) is 3.32. The van der Waals surface area contributed by atoms with Crippen LogP contribution in [-0.2, 0) is 18.4 Å². The van der Waals surface area contributed by atoms with Gasteiger partial charge in [-0.15, -0.1) is 0 Å². The first-order valence-electron chi connectivity index (χ1n) is 5.23. The molecule has 0 bridgehead atoms. The molecule has 0 aliphatic carbocycles. The standard InChI is InChI=1S/C10H15F4N3O/c1-6-7(8(15-2)17(3)16-6)4-18-5-10(13,14)9(11)12/h9,15H,4-5H2,1-3H3. The van der Waals surface area contributed by atoms with Gasteiger partial charge in [0.05, 0.1) is 12.3 Å². The summed E-state index contributed by atoms with van der Waals surface area (Å²) < 4.78 is 55.3. The number of rotatable bonds is 6. The fourth-order valence-corrected chi connectivity index (χ4v) is 1.54. The lowest BCUT2D eigenvalue weighted by molar-refractivity contribution is -0.168. The highest BCUT2D eigenvalue weighted by Crippen LogP contribution is 2.25. The zero-order valence-electron chi connectivity index (χ0n) is 10.3. The van der Waals surface area contributed by atoms with Crippen LogP contribution in [0.5, 0.6) is 0 Å². The van der Waals surface area contributed by atoms with E-state index in [1.807, 2.05) is 0 Å². The minimum absolute atomic E-state index is 0.196. The quantitative estimate of drug-likeness (QED) is 0.805. The van der Waals surface area contributed by atoms with E-state index in [1.54, 1.807) is 21.0 Å². The third-order valence-electron chi connectivity index (χ3n) is 2.44. The molecule has 18 heavy (non-hydrogen) atoms. The molecule has 104 valence electrons. The average molecular weight is 269 g/mol. The van der Waals surface area contributed by atoms with E-state index in [2.05, 4.69) is 15.2 Å². The summed E-state index contributed by atoms with van der Waals surface area (Å²) in [6.45, 7) is 0.172. The molecule has 0 spiro atoms. The van der Waals surface area contributed by atoms with Gasteiger partial charge in [-0.25, -0.2) is 8.78 Å². The summed E-state index contributed by atoms with van der Waals surface area (Å²) in [6.07, 6.45) is -3.73. The highest BCUT2D eigenvalue weighted by atomic mass is 19.3. The monoisotopic (exact) mass is 269 g/mol. The number of aromatic nitrogens is 2. The third kappa shape index (κ3) is 3.12. The number of halogens is 4. The molecule has 0 unspecified atom stereocenters. The molecular weight excluding hydrogens is 254 g/mol. The summed E-state index contributed by atoms with van der Waals surface area (Å²) in [4.78, 5) is 0. The minimum atomic E-state index is -4.13. The van der Waals surface area contributed by atoms with Crippen molar-refractivity contribution in [1.29, 1.82) is 0 Å². The molecule has 0 saturated carbocycles. The minimum Gasteiger partial charge on any atom is -0.373 e. The van der Waals surface area contributed by atoms with Crippen LogP contribution >= 0.6 is 0 Å². The van der Waals surface area contributed by atoms with Crippen LogP contribution in [-0.4, -0.2) is 35.8 Å². The number of nitrogens with zero attached hydrogens (tertiary/aromatic N) is 2. The van der Waals surface area contributed by atoms with Gasteiger partial charge in [-0.2, -0.15) is 13.9 Å². The number of anilines is 1. The van der Waals surface area contributed by atoms with Gasteiger partial charge in [0, 0.05) is 19.7 Å². The molecule has 0 saturated heterocycles. The van der Waals surface area contributed by atoms with Crippen LogP contribution in [0.1, 0.15) is 11.3 Å². The second-order valence-electron chi connectivity index (χ2n) is 3.84. The molecule has 0 aliphatic rings. The molecule has 1 rings (SSSR count). The van der Waals surface area contributed by atoms with Crippen LogP contribution in [0.3, 0.4) is 0 Å². The summed E-state index contributed by atoms with van der Waals surface area (Å²) in [5.74, 6) is -3.52. The van der Waals surface area contributed by atoms with Gasteiger partial charge in [0.15, 0.2) is 0 Å². The van der Waals surface area contributed by atoms with E-state index in [0.29, 0.717) is 17.1 Å². The van der Waals surface area contributed by atoms with Crippen molar-refractivity contribution >= 4 is 5.82 Å². The molecule has 1 heterocycles. The molecular formula is C10H15F4N3O. The molecule has 8 heteroatoms. The zero-order valence-corrected chi connectivity index (χ0v) is 10.3. The van der Waals surface area contributed by atoms with Gasteiger partial charge in [-0.3, -0.25) is 4.68 Å². The van der Waals surface area contributed by atoms with Crippen molar-refractivity contribution in [3.05, 3.63) is 11.3 Å². The van der Waals surface area contributed by atoms with Gasteiger partial charge < -0.3 is 10.1 Å². The first-order valence-corrected chi connectivity index (χ1v) is 5.23. The van der Waals surface area contributed by atoms with Crippen molar-refractivity contribution in [2.45, 2.75) is 25.9 Å². The summed E-state index contributed by atoms with van der Waals surface area (Å²) in [5, 5.41) is 6.91. The van der Waals surface area contributed by atoms with Crippen LogP contribution in [0.2, 0.25) is 0 Å². The normalized spacial score (nSPS) is 12.2. The number of hydrogen-bond donors (Lipinski definition) is 1. The van der Waals surface area contributed by atoms with E-state index < -0.39 is 19.0 Å². The Morgan fingerprint density at radius 3 is 2.56 bits per heavy atom. The van der Waals surface area contributed by atoms with E-state index in [-0.39, 0.29) is 6.61 Å². The summed E-state index contributed by atoms with van der Waals surface area (Å²) in [6, 6.07) is 0. The number of hydrogen-bond acceptors (Lipinski definition) is 3. The van der Waals surface area contributed by atoms with Gasteiger partial charge in [0.1, 0.15) is 12.4 Å². The van der Waals surface area contributed by atoms with E-state index >= 15 is 0 Å². The molecule has 0 radical (unpaired) electrons. The molecule has 0 amide bonds. The predicted octanol–water partition coefficient (Wildman–Crippen LogP) is 2.19. The largest absolute Gasteiger partial charge is 0.373 e. The van der Waals surface area contributed by atoms with Crippen molar-refractivity contribution < 1.29 is 22.3 Å². The van der Waals surface area contributed by atoms with Gasteiger partial charge in [0.2, 0.25) is 0 Å². The van der Waals surface area contributed by atoms with Gasteiger partial charge >= 0.3 is 12.3 Å². The number of aryl methyl sites for hydroxylation is 2.